The van der Waals surface area contributed by atoms with Crippen LogP contribution in [0, 0.1) is 5.92 Å². The first kappa shape index (κ1) is 17.4. The van der Waals surface area contributed by atoms with E-state index in [0.29, 0.717) is 0 Å². The van der Waals surface area contributed by atoms with Crippen LogP contribution < -0.4 is 0 Å². The molecule has 0 heterocycles. The third kappa shape index (κ3) is 5.40. The molecule has 0 saturated heterocycles. The van der Waals surface area contributed by atoms with E-state index < -0.39 is 11.6 Å². The van der Waals surface area contributed by atoms with Crippen LogP contribution in [0.15, 0.2) is 0 Å². The topological polar surface area (TPSA) is 63.6 Å². The number of aliphatic hydroxyl groups is 1. The smallest absolute Gasteiger partial charge is 0.338 e. The largest absolute Gasteiger partial charge is 0.464 e. The Morgan fingerprint density at radius 3 is 2.11 bits per heavy atom. The van der Waals surface area contributed by atoms with Crippen LogP contribution in [0.1, 0.15) is 48.0 Å². The number of hydrogen-bond acceptors (Lipinski definition) is 5. The summed E-state index contributed by atoms with van der Waals surface area (Å²) in [5.74, 6) is -1.09. The van der Waals surface area contributed by atoms with Gasteiger partial charge in [0.05, 0.1) is 13.0 Å². The molecule has 0 aliphatic carbocycles. The number of esters is 1. The van der Waals surface area contributed by atoms with Crippen molar-refractivity contribution >= 4 is 22.8 Å². The van der Waals surface area contributed by atoms with Gasteiger partial charge in [-0.25, -0.2) is 4.79 Å². The van der Waals surface area contributed by atoms with E-state index in [1.165, 1.54) is 0 Å². The van der Waals surface area contributed by atoms with Gasteiger partial charge >= 0.3 is 5.97 Å². The van der Waals surface area contributed by atoms with Gasteiger partial charge in [0, 0.05) is 4.75 Å². The first-order valence-corrected chi connectivity index (χ1v) is 6.96. The summed E-state index contributed by atoms with van der Waals surface area (Å²) in [5, 5.41) is 10.1. The Bertz CT molecular complexity index is 307. The normalized spacial score (nSPS) is 15.3. The van der Waals surface area contributed by atoms with Gasteiger partial charge in [0.2, 0.25) is 0 Å². The number of carbonyl (C=O) groups excluding carboxylic acids is 2. The number of carbonyl (C=O) groups is 2. The minimum absolute atomic E-state index is 0.189. The van der Waals surface area contributed by atoms with Gasteiger partial charge in [0.25, 0.3) is 0 Å². The second kappa shape index (κ2) is 6.57. The van der Waals surface area contributed by atoms with Crippen molar-refractivity contribution in [3.8, 4) is 0 Å². The monoisotopic (exact) mass is 276 g/mol. The van der Waals surface area contributed by atoms with Crippen LogP contribution in [0.25, 0.3) is 0 Å². The van der Waals surface area contributed by atoms with Crippen LogP contribution in [0.3, 0.4) is 0 Å². The molecule has 0 aromatic carbocycles. The lowest BCUT2D eigenvalue weighted by Gasteiger charge is -2.29. The molecule has 106 valence electrons. The van der Waals surface area contributed by atoms with Crippen LogP contribution >= 0.6 is 11.8 Å². The Hall–Kier alpha value is -0.550. The Labute approximate surface area is 113 Å². The Balaban J connectivity index is 4.83. The summed E-state index contributed by atoms with van der Waals surface area (Å²) >= 11 is 1.13. The molecule has 0 amide bonds. The summed E-state index contributed by atoms with van der Waals surface area (Å²) in [7, 11) is 0. The van der Waals surface area contributed by atoms with Crippen LogP contribution in [0.2, 0.25) is 0 Å². The van der Waals surface area contributed by atoms with E-state index in [1.807, 2.05) is 20.8 Å². The summed E-state index contributed by atoms with van der Waals surface area (Å²) in [6.45, 7) is 11.0. The minimum Gasteiger partial charge on any atom is -0.464 e. The predicted molar refractivity (Wildman–Crippen MR) is 73.4 cm³/mol. The SMILES string of the molecule is CCOC(=O)[C@](O)(CC(=O)SC(C)(C)C)C(C)C. The number of hydrogen-bond donors (Lipinski definition) is 1. The van der Waals surface area contributed by atoms with Crippen LogP contribution in [0.5, 0.6) is 0 Å². The summed E-state index contributed by atoms with van der Waals surface area (Å²) in [6.07, 6.45) is -0.217. The van der Waals surface area contributed by atoms with Gasteiger partial charge in [-0.05, 0) is 12.8 Å². The van der Waals surface area contributed by atoms with Crippen molar-refractivity contribution in [2.75, 3.05) is 6.61 Å². The second-order valence-corrected chi connectivity index (χ2v) is 7.45. The molecule has 0 aromatic heterocycles. The van der Waals surface area contributed by atoms with E-state index in [9.17, 15) is 14.7 Å². The third-order valence-electron chi connectivity index (χ3n) is 2.42. The molecule has 0 radical (unpaired) electrons. The molecule has 18 heavy (non-hydrogen) atoms. The lowest BCUT2D eigenvalue weighted by molar-refractivity contribution is -0.171. The Morgan fingerprint density at radius 2 is 1.78 bits per heavy atom. The highest BCUT2D eigenvalue weighted by Gasteiger charge is 2.43. The maximum atomic E-state index is 11.9. The van der Waals surface area contributed by atoms with Crippen molar-refractivity contribution < 1.29 is 19.4 Å². The molecule has 4 nitrogen and oxygen atoms in total. The number of ether oxygens (including phenoxy) is 1. The van der Waals surface area contributed by atoms with E-state index in [0.717, 1.165) is 11.8 Å². The zero-order valence-corrected chi connectivity index (χ0v) is 12.9. The summed E-state index contributed by atoms with van der Waals surface area (Å²) in [5.41, 5.74) is -1.73. The molecule has 0 rings (SSSR count). The molecule has 0 aliphatic rings. The first-order chi connectivity index (χ1) is 8.03. The molecule has 0 aliphatic heterocycles. The van der Waals surface area contributed by atoms with Crippen molar-refractivity contribution in [2.45, 2.75) is 58.3 Å². The molecule has 1 atom stereocenters. The summed E-state index contributed by atoms with van der Waals surface area (Å²) in [6, 6.07) is 0. The minimum atomic E-state index is -1.73. The zero-order chi connectivity index (χ0) is 14.6. The standard InChI is InChI=1S/C13H24O4S/c1-7-17-11(15)13(16,9(2)3)8-10(14)18-12(4,5)6/h9,16H,7-8H2,1-6H3/t13-/m0/s1. The molecular weight excluding hydrogens is 252 g/mol. The first-order valence-electron chi connectivity index (χ1n) is 6.14. The molecule has 1 N–H and O–H groups in total. The van der Waals surface area contributed by atoms with E-state index >= 15 is 0 Å². The van der Waals surface area contributed by atoms with Crippen molar-refractivity contribution in [1.29, 1.82) is 0 Å². The molecule has 0 unspecified atom stereocenters. The molecule has 5 heteroatoms. The molecular formula is C13H24O4S. The number of thioether (sulfide) groups is 1. The maximum Gasteiger partial charge on any atom is 0.338 e. The van der Waals surface area contributed by atoms with E-state index in [4.69, 9.17) is 4.74 Å². The van der Waals surface area contributed by atoms with Gasteiger partial charge in [0.15, 0.2) is 10.7 Å². The van der Waals surface area contributed by atoms with Gasteiger partial charge in [-0.3, -0.25) is 4.79 Å². The lowest BCUT2D eigenvalue weighted by atomic mass is 9.87. The highest BCUT2D eigenvalue weighted by molar-refractivity contribution is 8.14. The lowest BCUT2D eigenvalue weighted by Crippen LogP contribution is -2.46. The molecule has 0 bridgehead atoms. The zero-order valence-electron chi connectivity index (χ0n) is 12.1. The highest BCUT2D eigenvalue weighted by atomic mass is 32.2. The molecule has 0 spiro atoms. The average molecular weight is 276 g/mol. The molecule has 0 fully saturated rings. The van der Waals surface area contributed by atoms with Crippen molar-refractivity contribution in [3.63, 3.8) is 0 Å². The van der Waals surface area contributed by atoms with Gasteiger partial charge in [-0.2, -0.15) is 0 Å². The highest BCUT2D eigenvalue weighted by Crippen LogP contribution is 2.31. The fourth-order valence-corrected chi connectivity index (χ4v) is 2.34. The fourth-order valence-electron chi connectivity index (χ4n) is 1.37. The van der Waals surface area contributed by atoms with Crippen molar-refractivity contribution in [3.05, 3.63) is 0 Å². The summed E-state index contributed by atoms with van der Waals surface area (Å²) < 4.78 is 4.62. The number of rotatable bonds is 5. The summed E-state index contributed by atoms with van der Waals surface area (Å²) in [4.78, 5) is 23.7. The fraction of sp³-hybridized carbons (Fsp3) is 0.846. The van der Waals surface area contributed by atoms with Gasteiger partial charge in [-0.1, -0.05) is 46.4 Å². The second-order valence-electron chi connectivity index (χ2n) is 5.56. The Kier molecular flexibility index (Phi) is 6.37. The molecule has 0 aromatic rings. The predicted octanol–water partition coefficient (Wildman–Crippen LogP) is 2.39. The van der Waals surface area contributed by atoms with Crippen LogP contribution in [-0.2, 0) is 14.3 Å². The van der Waals surface area contributed by atoms with Gasteiger partial charge in [-0.15, -0.1) is 0 Å². The van der Waals surface area contributed by atoms with Crippen molar-refractivity contribution in [2.24, 2.45) is 5.92 Å². The van der Waals surface area contributed by atoms with E-state index in [-0.39, 0.29) is 28.8 Å². The average Bonchev–Trinajstić information content (AvgIpc) is 2.14. The third-order valence-corrected chi connectivity index (χ3v) is 3.40. The Morgan fingerprint density at radius 1 is 1.28 bits per heavy atom. The quantitative estimate of drug-likeness (QED) is 0.781. The van der Waals surface area contributed by atoms with Crippen LogP contribution in [0.4, 0.5) is 0 Å². The maximum absolute atomic E-state index is 11.9. The van der Waals surface area contributed by atoms with Gasteiger partial charge in [0.1, 0.15) is 0 Å². The molecule has 0 saturated carbocycles. The van der Waals surface area contributed by atoms with E-state index in [2.05, 4.69) is 0 Å². The van der Waals surface area contributed by atoms with Gasteiger partial charge < -0.3 is 9.84 Å². The van der Waals surface area contributed by atoms with Crippen molar-refractivity contribution in [1.82, 2.24) is 0 Å². The van der Waals surface area contributed by atoms with Crippen LogP contribution in [-0.4, -0.2) is 33.1 Å². The van der Waals surface area contributed by atoms with E-state index in [1.54, 1.807) is 20.8 Å².